The molecule has 1 fully saturated rings. The summed E-state index contributed by atoms with van der Waals surface area (Å²) in [5.74, 6) is 0.410. The van der Waals surface area contributed by atoms with E-state index in [9.17, 15) is 13.2 Å². The first-order chi connectivity index (χ1) is 19.7. The number of aryl methyl sites for hydroxylation is 1. The topological polar surface area (TPSA) is 136 Å². The van der Waals surface area contributed by atoms with E-state index in [2.05, 4.69) is 43.3 Å². The summed E-state index contributed by atoms with van der Waals surface area (Å²) in [7, 11) is -3.40. The standard InChI is InChI=1S/C30H36ClN5O5S/c1-29(2)27(30(3,4)28(29)41-24-15-12-21(18-32)25(31)17-24)33-26(37)20-10-13-23(14-11-20)36-19-22(34-35-36)9-7-6-8-16-40-42(5,38)39/h10-15,17,19,27-28H,6-9,16H2,1-5H3,(H,33,37)/t27-,28-. The molecule has 0 bridgehead atoms. The van der Waals surface area contributed by atoms with Crippen LogP contribution in [0.2, 0.25) is 5.02 Å². The Morgan fingerprint density at radius 3 is 2.40 bits per heavy atom. The van der Waals surface area contributed by atoms with E-state index in [1.807, 2.05) is 24.4 Å². The maximum absolute atomic E-state index is 13.2. The van der Waals surface area contributed by atoms with Gasteiger partial charge in [0, 0.05) is 28.5 Å². The van der Waals surface area contributed by atoms with E-state index in [1.54, 1.807) is 35.0 Å². The average Bonchev–Trinajstić information content (AvgIpc) is 3.40. The van der Waals surface area contributed by atoms with Crippen LogP contribution < -0.4 is 10.1 Å². The van der Waals surface area contributed by atoms with E-state index < -0.39 is 10.1 Å². The molecule has 1 heterocycles. The molecular formula is C30H36ClN5O5S. The summed E-state index contributed by atoms with van der Waals surface area (Å²) in [4.78, 5) is 13.2. The number of hydrogen-bond acceptors (Lipinski definition) is 8. The maximum Gasteiger partial charge on any atom is 0.264 e. The highest BCUT2D eigenvalue weighted by molar-refractivity contribution is 7.85. The Bertz CT molecular complexity index is 1560. The predicted octanol–water partition coefficient (Wildman–Crippen LogP) is 5.09. The molecule has 12 heteroatoms. The van der Waals surface area contributed by atoms with Crippen LogP contribution in [0.15, 0.2) is 48.7 Å². The number of carbonyl (C=O) groups is 1. The molecule has 1 aliphatic carbocycles. The molecule has 2 aromatic carbocycles. The first-order valence-corrected chi connectivity index (χ1v) is 15.9. The summed E-state index contributed by atoms with van der Waals surface area (Å²) in [6.45, 7) is 8.44. The Morgan fingerprint density at radius 2 is 1.79 bits per heavy atom. The van der Waals surface area contributed by atoms with Crippen molar-refractivity contribution in [3.8, 4) is 17.5 Å². The SMILES string of the molecule is CC1(C)[C@H](NC(=O)c2ccc(-n3cc(CCCCCOS(C)(=O)=O)nn3)cc2)C(C)(C)[C@H]1Oc1ccc(C#N)c(Cl)c1. The number of carbonyl (C=O) groups excluding carboxylic acids is 1. The summed E-state index contributed by atoms with van der Waals surface area (Å²) >= 11 is 6.19. The van der Waals surface area contributed by atoms with Gasteiger partial charge in [-0.25, -0.2) is 4.68 Å². The maximum atomic E-state index is 13.2. The number of aromatic nitrogens is 3. The van der Waals surface area contributed by atoms with Crippen molar-refractivity contribution in [1.82, 2.24) is 20.3 Å². The van der Waals surface area contributed by atoms with Gasteiger partial charge in [-0.3, -0.25) is 8.98 Å². The molecule has 1 amide bonds. The van der Waals surface area contributed by atoms with Gasteiger partial charge in [0.15, 0.2) is 0 Å². The molecule has 224 valence electrons. The number of rotatable bonds is 12. The summed E-state index contributed by atoms with van der Waals surface area (Å²) in [5, 5.41) is 21.1. The molecular weight excluding hydrogens is 578 g/mol. The van der Waals surface area contributed by atoms with Crippen LogP contribution in [0.4, 0.5) is 0 Å². The number of hydrogen-bond donors (Lipinski definition) is 1. The normalized spacial score (nSPS) is 19.0. The second kappa shape index (κ2) is 12.4. The van der Waals surface area contributed by atoms with Crippen molar-refractivity contribution in [3.05, 3.63) is 70.5 Å². The highest BCUT2D eigenvalue weighted by Crippen LogP contribution is 2.55. The lowest BCUT2D eigenvalue weighted by Crippen LogP contribution is -2.74. The number of ether oxygens (including phenoxy) is 1. The summed E-state index contributed by atoms with van der Waals surface area (Å²) < 4.78 is 34.7. The summed E-state index contributed by atoms with van der Waals surface area (Å²) in [5.41, 5.74) is 1.81. The third kappa shape index (κ3) is 7.12. The number of benzene rings is 2. The van der Waals surface area contributed by atoms with Crippen molar-refractivity contribution >= 4 is 27.6 Å². The van der Waals surface area contributed by atoms with Gasteiger partial charge in [0.25, 0.3) is 16.0 Å². The second-order valence-corrected chi connectivity index (χ2v) is 13.9. The third-order valence-electron chi connectivity index (χ3n) is 7.74. The number of nitriles is 1. The number of unbranched alkanes of at least 4 members (excludes halogenated alkanes) is 2. The lowest BCUT2D eigenvalue weighted by Gasteiger charge is -2.63. The van der Waals surface area contributed by atoms with E-state index >= 15 is 0 Å². The average molecular weight is 614 g/mol. The Hall–Kier alpha value is -3.46. The molecule has 1 N–H and O–H groups in total. The fraction of sp³-hybridized carbons (Fsp3) is 0.467. The molecule has 4 rings (SSSR count). The van der Waals surface area contributed by atoms with Crippen LogP contribution in [-0.4, -0.2) is 54.3 Å². The fourth-order valence-corrected chi connectivity index (χ4v) is 6.54. The zero-order chi connectivity index (χ0) is 30.7. The van der Waals surface area contributed by atoms with Crippen LogP contribution in [0.5, 0.6) is 5.75 Å². The number of nitrogens with one attached hydrogen (secondary N) is 1. The van der Waals surface area contributed by atoms with Crippen molar-refractivity contribution in [2.24, 2.45) is 10.8 Å². The van der Waals surface area contributed by atoms with E-state index in [4.69, 9.17) is 25.8 Å². The minimum Gasteiger partial charge on any atom is -0.489 e. The summed E-state index contributed by atoms with van der Waals surface area (Å²) in [6, 6.07) is 14.1. The molecule has 1 aliphatic rings. The molecule has 0 saturated heterocycles. The van der Waals surface area contributed by atoms with Crippen molar-refractivity contribution in [2.75, 3.05) is 12.9 Å². The molecule has 1 saturated carbocycles. The molecule has 1 aromatic heterocycles. The van der Waals surface area contributed by atoms with Gasteiger partial charge < -0.3 is 10.1 Å². The van der Waals surface area contributed by atoms with Gasteiger partial charge in [-0.1, -0.05) is 50.9 Å². The quantitative estimate of drug-likeness (QED) is 0.220. The Kier molecular flexibility index (Phi) is 9.30. The van der Waals surface area contributed by atoms with Gasteiger partial charge in [-0.05, 0) is 55.7 Å². The Labute approximate surface area is 252 Å². The second-order valence-electron chi connectivity index (χ2n) is 11.8. The fourth-order valence-electron chi connectivity index (χ4n) is 5.91. The van der Waals surface area contributed by atoms with E-state index in [0.29, 0.717) is 28.3 Å². The van der Waals surface area contributed by atoms with E-state index in [1.165, 1.54) is 0 Å². The van der Waals surface area contributed by atoms with E-state index in [0.717, 1.165) is 36.9 Å². The van der Waals surface area contributed by atoms with Crippen LogP contribution in [0.3, 0.4) is 0 Å². The zero-order valence-electron chi connectivity index (χ0n) is 24.4. The van der Waals surface area contributed by atoms with Gasteiger partial charge in [-0.15, -0.1) is 5.10 Å². The highest BCUT2D eigenvalue weighted by Gasteiger charge is 2.64. The van der Waals surface area contributed by atoms with E-state index in [-0.39, 0.29) is 35.5 Å². The molecule has 3 aromatic rings. The first-order valence-electron chi connectivity index (χ1n) is 13.8. The van der Waals surface area contributed by atoms with Gasteiger partial charge in [-0.2, -0.15) is 13.7 Å². The van der Waals surface area contributed by atoms with Gasteiger partial charge in [0.2, 0.25) is 0 Å². The van der Waals surface area contributed by atoms with Crippen molar-refractivity contribution < 1.29 is 22.1 Å². The minimum atomic E-state index is -3.40. The van der Waals surface area contributed by atoms with Gasteiger partial charge in [0.05, 0.1) is 41.0 Å². The van der Waals surface area contributed by atoms with Crippen molar-refractivity contribution in [3.63, 3.8) is 0 Å². The molecule has 42 heavy (non-hydrogen) atoms. The first kappa shape index (κ1) is 31.5. The monoisotopic (exact) mass is 613 g/mol. The summed E-state index contributed by atoms with van der Waals surface area (Å²) in [6.07, 6.45) is 5.73. The lowest BCUT2D eigenvalue weighted by molar-refractivity contribution is -0.164. The van der Waals surface area contributed by atoms with Crippen LogP contribution in [0, 0.1) is 22.2 Å². The van der Waals surface area contributed by atoms with Crippen LogP contribution in [0.1, 0.15) is 68.6 Å². The van der Waals surface area contributed by atoms with Crippen LogP contribution in [-0.2, 0) is 20.7 Å². The molecule has 0 radical (unpaired) electrons. The third-order valence-corrected chi connectivity index (χ3v) is 8.65. The Morgan fingerprint density at radius 1 is 1.10 bits per heavy atom. The number of halogens is 1. The minimum absolute atomic E-state index is 0.146. The largest absolute Gasteiger partial charge is 0.489 e. The Balaban J connectivity index is 1.32. The van der Waals surface area contributed by atoms with Crippen molar-refractivity contribution in [1.29, 1.82) is 5.26 Å². The zero-order valence-corrected chi connectivity index (χ0v) is 26.0. The predicted molar refractivity (Wildman–Crippen MR) is 159 cm³/mol. The molecule has 0 unspecified atom stereocenters. The number of nitrogens with zero attached hydrogens (tertiary/aromatic N) is 4. The molecule has 0 atom stereocenters. The number of amides is 1. The molecule has 0 spiro atoms. The van der Waals surface area contributed by atoms with Crippen LogP contribution in [0.25, 0.3) is 5.69 Å². The van der Waals surface area contributed by atoms with Crippen molar-refractivity contribution in [2.45, 2.75) is 65.5 Å². The van der Waals surface area contributed by atoms with Gasteiger partial charge in [0.1, 0.15) is 17.9 Å². The lowest BCUT2D eigenvalue weighted by atomic mass is 9.49. The molecule has 0 aliphatic heterocycles. The smallest absolute Gasteiger partial charge is 0.264 e. The van der Waals surface area contributed by atoms with Crippen LogP contribution >= 0.6 is 11.6 Å². The highest BCUT2D eigenvalue weighted by atomic mass is 35.5. The van der Waals surface area contributed by atoms with Gasteiger partial charge >= 0.3 is 0 Å². The molecule has 10 nitrogen and oxygen atoms in total.